The first-order chi connectivity index (χ1) is 17.3. The molecule has 3 heterocycles. The average molecular weight is 499 g/mol. The van der Waals surface area contributed by atoms with Gasteiger partial charge in [0.1, 0.15) is 6.10 Å². The highest BCUT2D eigenvalue weighted by Gasteiger charge is 2.26. The van der Waals surface area contributed by atoms with Crippen LogP contribution in [0.1, 0.15) is 48.9 Å². The summed E-state index contributed by atoms with van der Waals surface area (Å²) in [6, 6.07) is 5.95. The molecule has 36 heavy (non-hydrogen) atoms. The van der Waals surface area contributed by atoms with Gasteiger partial charge in [-0.25, -0.2) is 19.9 Å². The topological polar surface area (TPSA) is 76.1 Å². The number of anilines is 1. The molecule has 0 atom stereocenters. The van der Waals surface area contributed by atoms with Gasteiger partial charge in [0.15, 0.2) is 0 Å². The van der Waals surface area contributed by atoms with Crippen molar-refractivity contribution in [2.24, 2.45) is 0 Å². The van der Waals surface area contributed by atoms with Crippen molar-refractivity contribution >= 4 is 22.6 Å². The Hall–Kier alpha value is -3.27. The molecular weight excluding hydrogens is 469 g/mol. The Morgan fingerprint density at radius 1 is 1.08 bits per heavy atom. The van der Waals surface area contributed by atoms with Crippen molar-refractivity contribution in [3.8, 4) is 5.88 Å². The zero-order valence-corrected chi connectivity index (χ0v) is 20.2. The number of aromatic nitrogens is 4. The van der Waals surface area contributed by atoms with E-state index in [9.17, 15) is 13.2 Å². The second-order valence-electron chi connectivity index (χ2n) is 9.39. The summed E-state index contributed by atoms with van der Waals surface area (Å²) in [5, 5.41) is 2.70. The number of nitrogens with zero attached hydrogens (tertiary/aromatic N) is 5. The number of allylic oxidation sites excluding steroid dienone is 1. The van der Waals surface area contributed by atoms with Gasteiger partial charge in [-0.1, -0.05) is 12.1 Å². The predicted molar refractivity (Wildman–Crippen MR) is 132 cm³/mol. The highest BCUT2D eigenvalue weighted by molar-refractivity contribution is 5.86. The minimum absolute atomic E-state index is 0.142. The summed E-state index contributed by atoms with van der Waals surface area (Å²) in [5.41, 5.74) is 5.21. The fourth-order valence-electron chi connectivity index (χ4n) is 4.63. The summed E-state index contributed by atoms with van der Waals surface area (Å²) in [4.78, 5) is 20.4. The summed E-state index contributed by atoms with van der Waals surface area (Å²) in [6.45, 7) is 1.76. The first-order valence-electron chi connectivity index (χ1n) is 12.3. The number of benzene rings is 1. The lowest BCUT2D eigenvalue weighted by molar-refractivity contribution is -0.131. The van der Waals surface area contributed by atoms with E-state index in [0.29, 0.717) is 5.88 Å². The third-order valence-electron chi connectivity index (χ3n) is 6.60. The van der Waals surface area contributed by atoms with Gasteiger partial charge in [0.05, 0.1) is 29.3 Å². The fraction of sp³-hybridized carbons (Fsp3) is 0.462. The maximum Gasteiger partial charge on any atom is 0.390 e. The molecule has 0 amide bonds. The Morgan fingerprint density at radius 2 is 1.92 bits per heavy atom. The first kappa shape index (κ1) is 24.4. The van der Waals surface area contributed by atoms with Gasteiger partial charge in [0.2, 0.25) is 11.8 Å². The van der Waals surface area contributed by atoms with Gasteiger partial charge in [-0.3, -0.25) is 0 Å². The molecule has 2 aliphatic rings. The van der Waals surface area contributed by atoms with E-state index in [2.05, 4.69) is 38.3 Å². The Labute approximate surface area is 207 Å². The quantitative estimate of drug-likeness (QED) is 0.511. The SMILES string of the molecule is CN1CCC(Oc2cnc3ccc(C4=CCCCc5nc(NCCC(F)(F)F)ncc54)cc3n2)CC1. The zero-order chi connectivity index (χ0) is 25.1. The third-order valence-corrected chi connectivity index (χ3v) is 6.60. The molecule has 2 aromatic heterocycles. The lowest BCUT2D eigenvalue weighted by Gasteiger charge is -2.28. The number of aryl methyl sites for hydroxylation is 1. The molecular formula is C26H29F3N6O. The van der Waals surface area contributed by atoms with E-state index in [1.54, 1.807) is 12.4 Å². The van der Waals surface area contributed by atoms with E-state index >= 15 is 0 Å². The van der Waals surface area contributed by atoms with Gasteiger partial charge >= 0.3 is 6.18 Å². The Bertz CT molecular complexity index is 1250. The predicted octanol–water partition coefficient (Wildman–Crippen LogP) is 5.03. The number of halogens is 3. The molecule has 1 aromatic carbocycles. The molecule has 0 bridgehead atoms. The van der Waals surface area contributed by atoms with E-state index in [1.807, 2.05) is 18.2 Å². The molecule has 5 rings (SSSR count). The van der Waals surface area contributed by atoms with E-state index in [1.165, 1.54) is 0 Å². The van der Waals surface area contributed by atoms with Crippen LogP contribution in [0.2, 0.25) is 0 Å². The van der Waals surface area contributed by atoms with Crippen LogP contribution in [0.3, 0.4) is 0 Å². The van der Waals surface area contributed by atoms with Crippen molar-refractivity contribution in [2.75, 3.05) is 32.0 Å². The minimum Gasteiger partial charge on any atom is -0.473 e. The van der Waals surface area contributed by atoms with E-state index in [0.717, 1.165) is 78.6 Å². The van der Waals surface area contributed by atoms with Gasteiger partial charge in [0.25, 0.3) is 0 Å². The Balaban J connectivity index is 1.37. The Kier molecular flexibility index (Phi) is 7.04. The molecule has 190 valence electrons. The Morgan fingerprint density at radius 3 is 2.72 bits per heavy atom. The molecule has 0 unspecified atom stereocenters. The smallest absolute Gasteiger partial charge is 0.390 e. The maximum absolute atomic E-state index is 12.5. The van der Waals surface area contributed by atoms with E-state index in [4.69, 9.17) is 9.72 Å². The van der Waals surface area contributed by atoms with Crippen LogP contribution in [0.4, 0.5) is 19.1 Å². The van der Waals surface area contributed by atoms with Gasteiger partial charge in [0, 0.05) is 31.4 Å². The number of nitrogens with one attached hydrogen (secondary N) is 1. The summed E-state index contributed by atoms with van der Waals surface area (Å²) < 4.78 is 43.6. The van der Waals surface area contributed by atoms with Crippen molar-refractivity contribution in [3.63, 3.8) is 0 Å². The number of hydrogen-bond donors (Lipinski definition) is 1. The van der Waals surface area contributed by atoms with Crippen molar-refractivity contribution in [1.29, 1.82) is 0 Å². The van der Waals surface area contributed by atoms with Crippen LogP contribution in [-0.4, -0.2) is 63.8 Å². The van der Waals surface area contributed by atoms with Crippen LogP contribution in [0.25, 0.3) is 16.6 Å². The van der Waals surface area contributed by atoms with Crippen molar-refractivity contribution in [3.05, 3.63) is 53.5 Å². The zero-order valence-electron chi connectivity index (χ0n) is 20.2. The average Bonchev–Trinajstić information content (AvgIpc) is 3.06. The monoisotopic (exact) mass is 498 g/mol. The van der Waals surface area contributed by atoms with Crippen molar-refractivity contribution in [1.82, 2.24) is 24.8 Å². The van der Waals surface area contributed by atoms with Crippen LogP contribution in [0.15, 0.2) is 36.7 Å². The largest absolute Gasteiger partial charge is 0.473 e. The van der Waals surface area contributed by atoms with Crippen LogP contribution in [-0.2, 0) is 6.42 Å². The molecule has 10 heteroatoms. The highest BCUT2D eigenvalue weighted by Crippen LogP contribution is 2.32. The number of piperidine rings is 1. The molecule has 0 spiro atoms. The second kappa shape index (κ2) is 10.4. The van der Waals surface area contributed by atoms with Gasteiger partial charge in [-0.2, -0.15) is 13.2 Å². The minimum atomic E-state index is -4.22. The summed E-state index contributed by atoms with van der Waals surface area (Å²) in [7, 11) is 2.12. The van der Waals surface area contributed by atoms with Crippen molar-refractivity contribution < 1.29 is 17.9 Å². The second-order valence-corrected chi connectivity index (χ2v) is 9.39. The molecule has 1 fully saturated rings. The normalized spacial score (nSPS) is 17.4. The van der Waals surface area contributed by atoms with Gasteiger partial charge in [-0.15, -0.1) is 0 Å². The number of likely N-dealkylation sites (tertiary alicyclic amines) is 1. The van der Waals surface area contributed by atoms with Crippen LogP contribution in [0.5, 0.6) is 5.88 Å². The number of rotatable bonds is 6. The third kappa shape index (κ3) is 5.92. The van der Waals surface area contributed by atoms with Crippen LogP contribution in [0, 0.1) is 0 Å². The number of alkyl halides is 3. The van der Waals surface area contributed by atoms with Gasteiger partial charge in [-0.05, 0) is 62.4 Å². The summed E-state index contributed by atoms with van der Waals surface area (Å²) in [5.74, 6) is 0.752. The molecule has 0 saturated carbocycles. The van der Waals surface area contributed by atoms with Crippen LogP contribution >= 0.6 is 0 Å². The summed E-state index contributed by atoms with van der Waals surface area (Å²) >= 11 is 0. The molecule has 3 aromatic rings. The maximum atomic E-state index is 12.5. The van der Waals surface area contributed by atoms with Crippen molar-refractivity contribution in [2.45, 2.75) is 50.8 Å². The number of hydrogen-bond acceptors (Lipinski definition) is 7. The van der Waals surface area contributed by atoms with E-state index in [-0.39, 0.29) is 18.6 Å². The number of fused-ring (bicyclic) bond motifs is 2. The molecule has 1 saturated heterocycles. The molecule has 7 nitrogen and oxygen atoms in total. The lowest BCUT2D eigenvalue weighted by Crippen LogP contribution is -2.35. The standard InChI is InChI=1S/C26H29F3N6O/c1-35-12-8-18(9-13-35)36-24-16-31-22-7-6-17(14-23(22)33-24)19-4-2-3-5-21-20(19)15-32-25(34-21)30-11-10-26(27,28)29/h4,6-7,14-16,18H,2-3,5,8-13H2,1H3,(H,30,32,34). The number of ether oxygens (including phenoxy) is 1. The first-order valence-corrected chi connectivity index (χ1v) is 12.3. The van der Waals surface area contributed by atoms with Gasteiger partial charge < -0.3 is 15.0 Å². The van der Waals surface area contributed by atoms with Crippen LogP contribution < -0.4 is 10.1 Å². The lowest BCUT2D eigenvalue weighted by atomic mass is 9.97. The molecule has 1 aliphatic carbocycles. The van der Waals surface area contributed by atoms with E-state index < -0.39 is 12.6 Å². The molecule has 1 N–H and O–H groups in total. The fourth-order valence-corrected chi connectivity index (χ4v) is 4.63. The molecule has 0 radical (unpaired) electrons. The summed E-state index contributed by atoms with van der Waals surface area (Å²) in [6.07, 6.45) is 4.97. The molecule has 1 aliphatic heterocycles. The highest BCUT2D eigenvalue weighted by atomic mass is 19.4.